The first-order chi connectivity index (χ1) is 11.8. The third kappa shape index (κ3) is 6.99. The number of piperazine rings is 1. The van der Waals surface area contributed by atoms with Crippen molar-refractivity contribution in [1.29, 1.82) is 0 Å². The van der Waals surface area contributed by atoms with Crippen LogP contribution >= 0.6 is 0 Å². The summed E-state index contributed by atoms with van der Waals surface area (Å²) in [6.45, 7) is 7.25. The van der Waals surface area contributed by atoms with Gasteiger partial charge in [-0.2, -0.15) is 13.2 Å². The van der Waals surface area contributed by atoms with E-state index >= 15 is 0 Å². The zero-order valence-electron chi connectivity index (χ0n) is 15.4. The van der Waals surface area contributed by atoms with Crippen LogP contribution in [0.2, 0.25) is 0 Å². The van der Waals surface area contributed by atoms with Gasteiger partial charge in [0.05, 0.1) is 6.54 Å². The number of aliphatic imine (C=N–C) groups is 1. The molecule has 2 heterocycles. The second kappa shape index (κ2) is 9.05. The minimum absolute atomic E-state index is 0.00694. The molecule has 0 bridgehead atoms. The lowest BCUT2D eigenvalue weighted by molar-refractivity contribution is -0.143. The number of nitrogens with zero attached hydrogens (tertiary/aromatic N) is 4. The number of guanidine groups is 1. The van der Waals surface area contributed by atoms with Crippen LogP contribution in [0.1, 0.15) is 13.3 Å². The predicted octanol–water partition coefficient (Wildman–Crippen LogP) is 0.424. The summed E-state index contributed by atoms with van der Waals surface area (Å²) in [5.74, 6) is 0.667. The SMILES string of the molecule is CN=C(NCC(C)N1CCN(C)CC1)NC1CCN(CC(F)(F)F)C1. The van der Waals surface area contributed by atoms with Crippen molar-refractivity contribution in [2.45, 2.75) is 31.6 Å². The van der Waals surface area contributed by atoms with Crippen LogP contribution in [0.4, 0.5) is 13.2 Å². The lowest BCUT2D eigenvalue weighted by Crippen LogP contribution is -2.53. The molecular formula is C16H31F3N6. The molecular weight excluding hydrogens is 333 g/mol. The standard InChI is InChI=1S/C16H31F3N6/c1-13(25-8-6-23(3)7-9-25)10-21-15(20-2)22-14-4-5-24(11-14)12-16(17,18)19/h13-14H,4-12H2,1-3H3,(H2,20,21,22). The molecule has 0 aromatic heterocycles. The molecule has 25 heavy (non-hydrogen) atoms. The van der Waals surface area contributed by atoms with Crippen LogP contribution < -0.4 is 10.6 Å². The van der Waals surface area contributed by atoms with Gasteiger partial charge >= 0.3 is 6.18 Å². The van der Waals surface area contributed by atoms with Crippen molar-refractivity contribution in [3.63, 3.8) is 0 Å². The fraction of sp³-hybridized carbons (Fsp3) is 0.938. The lowest BCUT2D eigenvalue weighted by atomic mass is 10.2. The van der Waals surface area contributed by atoms with E-state index < -0.39 is 12.7 Å². The average Bonchev–Trinajstić information content (AvgIpc) is 2.96. The largest absolute Gasteiger partial charge is 0.401 e. The Morgan fingerprint density at radius 3 is 2.48 bits per heavy atom. The van der Waals surface area contributed by atoms with Crippen molar-refractivity contribution in [1.82, 2.24) is 25.3 Å². The van der Waals surface area contributed by atoms with E-state index in [9.17, 15) is 13.2 Å². The zero-order valence-corrected chi connectivity index (χ0v) is 15.4. The molecule has 0 aliphatic carbocycles. The maximum absolute atomic E-state index is 12.5. The number of nitrogens with one attached hydrogen (secondary N) is 2. The monoisotopic (exact) mass is 364 g/mol. The molecule has 0 aromatic carbocycles. The van der Waals surface area contributed by atoms with Gasteiger partial charge in [0.1, 0.15) is 0 Å². The van der Waals surface area contributed by atoms with E-state index in [0.717, 1.165) is 32.7 Å². The Balaban J connectivity index is 1.70. The lowest BCUT2D eigenvalue weighted by Gasteiger charge is -2.36. The topological polar surface area (TPSA) is 46.1 Å². The van der Waals surface area contributed by atoms with Gasteiger partial charge in [0.25, 0.3) is 0 Å². The Bertz CT molecular complexity index is 434. The van der Waals surface area contributed by atoms with Crippen molar-refractivity contribution in [2.75, 3.05) is 66.5 Å². The molecule has 9 heteroatoms. The van der Waals surface area contributed by atoms with Gasteiger partial charge in [0.15, 0.2) is 5.96 Å². The number of alkyl halides is 3. The quantitative estimate of drug-likeness (QED) is 0.547. The van der Waals surface area contributed by atoms with Crippen LogP contribution in [0.25, 0.3) is 0 Å². The van der Waals surface area contributed by atoms with Crippen LogP contribution in [-0.2, 0) is 0 Å². The van der Waals surface area contributed by atoms with E-state index in [1.54, 1.807) is 7.05 Å². The van der Waals surface area contributed by atoms with Crippen molar-refractivity contribution in [3.8, 4) is 0 Å². The van der Waals surface area contributed by atoms with Crippen molar-refractivity contribution < 1.29 is 13.2 Å². The van der Waals surface area contributed by atoms with E-state index in [1.807, 2.05) is 0 Å². The highest BCUT2D eigenvalue weighted by molar-refractivity contribution is 5.80. The molecule has 2 unspecified atom stereocenters. The van der Waals surface area contributed by atoms with Gasteiger partial charge in [0, 0.05) is 64.9 Å². The summed E-state index contributed by atoms with van der Waals surface area (Å²) in [5, 5.41) is 6.56. The van der Waals surface area contributed by atoms with E-state index in [-0.39, 0.29) is 6.04 Å². The molecule has 0 aromatic rings. The first-order valence-electron chi connectivity index (χ1n) is 8.95. The van der Waals surface area contributed by atoms with Gasteiger partial charge in [-0.25, -0.2) is 0 Å². The molecule has 2 N–H and O–H groups in total. The third-order valence-electron chi connectivity index (χ3n) is 4.97. The number of hydrogen-bond acceptors (Lipinski definition) is 4. The molecule has 2 atom stereocenters. The molecule has 2 aliphatic rings. The number of halogens is 3. The molecule has 0 radical (unpaired) electrons. The summed E-state index contributed by atoms with van der Waals surface area (Å²) in [5.41, 5.74) is 0. The number of likely N-dealkylation sites (N-methyl/N-ethyl adjacent to an activating group) is 1. The van der Waals surface area contributed by atoms with E-state index in [2.05, 4.69) is 39.4 Å². The Kier molecular flexibility index (Phi) is 7.33. The Morgan fingerprint density at radius 1 is 1.20 bits per heavy atom. The van der Waals surface area contributed by atoms with Gasteiger partial charge in [-0.05, 0) is 20.4 Å². The average molecular weight is 364 g/mol. The van der Waals surface area contributed by atoms with Gasteiger partial charge in [-0.15, -0.1) is 0 Å². The second-order valence-electron chi connectivity index (χ2n) is 7.12. The summed E-state index contributed by atoms with van der Waals surface area (Å²) in [4.78, 5) is 10.4. The van der Waals surface area contributed by atoms with Crippen molar-refractivity contribution in [2.24, 2.45) is 4.99 Å². The van der Waals surface area contributed by atoms with Crippen LogP contribution in [0, 0.1) is 0 Å². The maximum Gasteiger partial charge on any atom is 0.401 e. The van der Waals surface area contributed by atoms with Gasteiger partial charge in [0.2, 0.25) is 0 Å². The molecule has 2 rings (SSSR count). The molecule has 2 aliphatic heterocycles. The highest BCUT2D eigenvalue weighted by Gasteiger charge is 2.34. The van der Waals surface area contributed by atoms with Gasteiger partial charge < -0.3 is 15.5 Å². The number of rotatable bonds is 5. The van der Waals surface area contributed by atoms with E-state index in [0.29, 0.717) is 31.5 Å². The first-order valence-corrected chi connectivity index (χ1v) is 8.95. The molecule has 0 saturated carbocycles. The summed E-state index contributed by atoms with van der Waals surface area (Å²) in [6.07, 6.45) is -3.43. The fourth-order valence-corrected chi connectivity index (χ4v) is 3.37. The number of likely N-dealkylation sites (tertiary alicyclic amines) is 1. The summed E-state index contributed by atoms with van der Waals surface area (Å²) < 4.78 is 37.4. The van der Waals surface area contributed by atoms with Crippen LogP contribution in [-0.4, -0.2) is 105 Å². The van der Waals surface area contributed by atoms with E-state index in [4.69, 9.17) is 0 Å². The van der Waals surface area contributed by atoms with E-state index in [1.165, 1.54) is 4.90 Å². The highest BCUT2D eigenvalue weighted by Crippen LogP contribution is 2.19. The molecule has 2 saturated heterocycles. The molecule has 6 nitrogen and oxygen atoms in total. The first kappa shape index (κ1) is 20.3. The van der Waals surface area contributed by atoms with Gasteiger partial charge in [-0.1, -0.05) is 0 Å². The zero-order chi connectivity index (χ0) is 18.4. The summed E-state index contributed by atoms with van der Waals surface area (Å²) in [6, 6.07) is 0.394. The number of hydrogen-bond donors (Lipinski definition) is 2. The highest BCUT2D eigenvalue weighted by atomic mass is 19.4. The fourth-order valence-electron chi connectivity index (χ4n) is 3.37. The normalized spacial score (nSPS) is 26.0. The minimum Gasteiger partial charge on any atom is -0.355 e. The second-order valence-corrected chi connectivity index (χ2v) is 7.12. The van der Waals surface area contributed by atoms with Crippen LogP contribution in [0.5, 0.6) is 0 Å². The van der Waals surface area contributed by atoms with Crippen LogP contribution in [0.15, 0.2) is 4.99 Å². The predicted molar refractivity (Wildman–Crippen MR) is 93.9 cm³/mol. The van der Waals surface area contributed by atoms with Gasteiger partial charge in [-0.3, -0.25) is 14.8 Å². The Morgan fingerprint density at radius 2 is 1.88 bits per heavy atom. The molecule has 0 amide bonds. The molecule has 146 valence electrons. The van der Waals surface area contributed by atoms with Crippen LogP contribution in [0.3, 0.4) is 0 Å². The summed E-state index contributed by atoms with van der Waals surface area (Å²) in [7, 11) is 3.83. The molecule has 0 spiro atoms. The van der Waals surface area contributed by atoms with Crippen molar-refractivity contribution >= 4 is 5.96 Å². The summed E-state index contributed by atoms with van der Waals surface area (Å²) >= 11 is 0. The Hall–Kier alpha value is -1.06. The molecule has 2 fully saturated rings. The van der Waals surface area contributed by atoms with Crippen molar-refractivity contribution in [3.05, 3.63) is 0 Å². The minimum atomic E-state index is -4.13. The smallest absolute Gasteiger partial charge is 0.355 e. The Labute approximate surface area is 148 Å². The third-order valence-corrected chi connectivity index (χ3v) is 4.97. The maximum atomic E-state index is 12.5.